The van der Waals surface area contributed by atoms with Gasteiger partial charge in [0.1, 0.15) is 0 Å². The molecule has 1 aliphatic heterocycles. The van der Waals surface area contributed by atoms with Crippen LogP contribution in [0.1, 0.15) is 40.5 Å². The van der Waals surface area contributed by atoms with E-state index in [1.165, 1.54) is 12.8 Å². The molecule has 1 heterocycles. The summed E-state index contributed by atoms with van der Waals surface area (Å²) in [6.07, 6.45) is 2.42. The van der Waals surface area contributed by atoms with Crippen LogP contribution >= 0.6 is 0 Å². The van der Waals surface area contributed by atoms with Gasteiger partial charge in [0.2, 0.25) is 0 Å². The maximum atomic E-state index is 10.3. The van der Waals surface area contributed by atoms with Crippen molar-refractivity contribution in [2.45, 2.75) is 52.2 Å². The Hall–Kier alpha value is -0.120. The summed E-state index contributed by atoms with van der Waals surface area (Å²) in [6, 6.07) is 0.685. The van der Waals surface area contributed by atoms with Crippen molar-refractivity contribution in [1.29, 1.82) is 0 Å². The third kappa shape index (κ3) is 4.04. The number of hydrogen-bond acceptors (Lipinski definition) is 3. The number of piperidine rings is 1. The van der Waals surface area contributed by atoms with Crippen molar-refractivity contribution in [3.05, 3.63) is 0 Å². The minimum absolute atomic E-state index is 0.319. The van der Waals surface area contributed by atoms with Gasteiger partial charge in [0.15, 0.2) is 0 Å². The minimum atomic E-state index is -0.551. The average molecular weight is 228 g/mol. The van der Waals surface area contributed by atoms with E-state index >= 15 is 0 Å². The molecule has 0 spiro atoms. The van der Waals surface area contributed by atoms with E-state index in [9.17, 15) is 5.11 Å². The summed E-state index contributed by atoms with van der Waals surface area (Å²) in [5.74, 6) is 0.319. The number of likely N-dealkylation sites (tertiary alicyclic amines) is 1. The third-order valence-electron chi connectivity index (χ3n) is 3.87. The molecule has 0 saturated carbocycles. The molecular formula is C13H28N2O. The summed E-state index contributed by atoms with van der Waals surface area (Å²) >= 11 is 0. The molecule has 0 amide bonds. The largest absolute Gasteiger partial charge is 0.389 e. The Morgan fingerprint density at radius 3 is 2.38 bits per heavy atom. The van der Waals surface area contributed by atoms with E-state index in [-0.39, 0.29) is 0 Å². The Labute approximate surface area is 100 Å². The number of β-amino-alcohol motifs (C(OH)–C–C–N with tert-alkyl or cyclic N) is 1. The van der Waals surface area contributed by atoms with Crippen molar-refractivity contribution >= 4 is 0 Å². The molecule has 0 aromatic carbocycles. The Morgan fingerprint density at radius 2 is 1.94 bits per heavy atom. The first-order valence-corrected chi connectivity index (χ1v) is 6.64. The fourth-order valence-corrected chi connectivity index (χ4v) is 2.22. The molecule has 3 heteroatoms. The molecule has 1 saturated heterocycles. The van der Waals surface area contributed by atoms with Crippen molar-refractivity contribution in [1.82, 2.24) is 10.2 Å². The summed E-state index contributed by atoms with van der Waals surface area (Å²) in [5.41, 5.74) is -0.551. The third-order valence-corrected chi connectivity index (χ3v) is 3.87. The van der Waals surface area contributed by atoms with Gasteiger partial charge in [0.25, 0.3) is 0 Å². The molecule has 1 fully saturated rings. The van der Waals surface area contributed by atoms with Crippen molar-refractivity contribution in [3.63, 3.8) is 0 Å². The van der Waals surface area contributed by atoms with Gasteiger partial charge in [-0.05, 0) is 45.3 Å². The zero-order chi connectivity index (χ0) is 12.2. The van der Waals surface area contributed by atoms with E-state index in [0.717, 1.165) is 26.2 Å². The predicted octanol–water partition coefficient (Wildman–Crippen LogP) is 1.47. The summed E-state index contributed by atoms with van der Waals surface area (Å²) in [5, 5.41) is 13.8. The van der Waals surface area contributed by atoms with Crippen LogP contribution in [-0.2, 0) is 0 Å². The minimum Gasteiger partial charge on any atom is -0.389 e. The van der Waals surface area contributed by atoms with Crippen LogP contribution in [-0.4, -0.2) is 47.8 Å². The monoisotopic (exact) mass is 228 g/mol. The second-order valence-electron chi connectivity index (χ2n) is 5.62. The van der Waals surface area contributed by atoms with E-state index in [4.69, 9.17) is 0 Å². The molecular weight excluding hydrogens is 200 g/mol. The standard InChI is InChI=1S/C13H28N2O/c1-5-14-12-6-8-15(9-7-12)10-13(4,16)11(2)3/h11-12,14,16H,5-10H2,1-4H3. The van der Waals surface area contributed by atoms with Gasteiger partial charge in [-0.2, -0.15) is 0 Å². The first-order valence-electron chi connectivity index (χ1n) is 6.64. The molecule has 96 valence electrons. The highest BCUT2D eigenvalue weighted by Crippen LogP contribution is 2.20. The molecule has 0 aliphatic carbocycles. The quantitative estimate of drug-likeness (QED) is 0.748. The molecule has 1 atom stereocenters. The fourth-order valence-electron chi connectivity index (χ4n) is 2.22. The van der Waals surface area contributed by atoms with Gasteiger partial charge in [0, 0.05) is 12.6 Å². The molecule has 16 heavy (non-hydrogen) atoms. The average Bonchev–Trinajstić information content (AvgIpc) is 2.21. The van der Waals surface area contributed by atoms with Crippen LogP contribution in [0, 0.1) is 5.92 Å². The molecule has 0 aromatic rings. The Bertz CT molecular complexity index is 196. The molecule has 2 N–H and O–H groups in total. The molecule has 3 nitrogen and oxygen atoms in total. The number of nitrogens with zero attached hydrogens (tertiary/aromatic N) is 1. The second kappa shape index (κ2) is 5.99. The first-order chi connectivity index (χ1) is 7.45. The van der Waals surface area contributed by atoms with E-state index in [0.29, 0.717) is 12.0 Å². The lowest BCUT2D eigenvalue weighted by Crippen LogP contribution is -2.49. The predicted molar refractivity (Wildman–Crippen MR) is 68.6 cm³/mol. The van der Waals surface area contributed by atoms with Crippen LogP contribution in [0.4, 0.5) is 0 Å². The molecule has 1 aliphatic rings. The highest BCUT2D eigenvalue weighted by molar-refractivity contribution is 4.84. The highest BCUT2D eigenvalue weighted by atomic mass is 16.3. The van der Waals surface area contributed by atoms with E-state index in [1.54, 1.807) is 0 Å². The van der Waals surface area contributed by atoms with Crippen molar-refractivity contribution < 1.29 is 5.11 Å². The molecule has 0 aromatic heterocycles. The van der Waals surface area contributed by atoms with Gasteiger partial charge in [0.05, 0.1) is 5.60 Å². The first kappa shape index (κ1) is 13.9. The van der Waals surface area contributed by atoms with Gasteiger partial charge in [-0.15, -0.1) is 0 Å². The van der Waals surface area contributed by atoms with Crippen LogP contribution < -0.4 is 5.32 Å². The fraction of sp³-hybridized carbons (Fsp3) is 1.00. The van der Waals surface area contributed by atoms with Gasteiger partial charge in [-0.3, -0.25) is 0 Å². The summed E-state index contributed by atoms with van der Waals surface area (Å²) < 4.78 is 0. The lowest BCUT2D eigenvalue weighted by atomic mass is 9.91. The van der Waals surface area contributed by atoms with Crippen LogP contribution in [0.3, 0.4) is 0 Å². The van der Waals surface area contributed by atoms with Crippen LogP contribution in [0.15, 0.2) is 0 Å². The number of hydrogen-bond donors (Lipinski definition) is 2. The van der Waals surface area contributed by atoms with Crippen molar-refractivity contribution in [3.8, 4) is 0 Å². The highest BCUT2D eigenvalue weighted by Gasteiger charge is 2.29. The molecule has 0 bridgehead atoms. The Balaban J connectivity index is 2.32. The van der Waals surface area contributed by atoms with Crippen LogP contribution in [0.2, 0.25) is 0 Å². The van der Waals surface area contributed by atoms with Gasteiger partial charge < -0.3 is 15.3 Å². The molecule has 1 rings (SSSR count). The zero-order valence-corrected chi connectivity index (χ0v) is 11.3. The normalized spacial score (nSPS) is 23.6. The van der Waals surface area contributed by atoms with Crippen LogP contribution in [0.5, 0.6) is 0 Å². The summed E-state index contributed by atoms with van der Waals surface area (Å²) in [6.45, 7) is 12.4. The van der Waals surface area contributed by atoms with Crippen LogP contribution in [0.25, 0.3) is 0 Å². The topological polar surface area (TPSA) is 35.5 Å². The van der Waals surface area contributed by atoms with Gasteiger partial charge in [-0.25, -0.2) is 0 Å². The SMILES string of the molecule is CCNC1CCN(CC(C)(O)C(C)C)CC1. The maximum Gasteiger partial charge on any atom is 0.0768 e. The zero-order valence-electron chi connectivity index (χ0n) is 11.3. The van der Waals surface area contributed by atoms with Gasteiger partial charge >= 0.3 is 0 Å². The molecule has 1 unspecified atom stereocenters. The van der Waals surface area contributed by atoms with Crippen molar-refractivity contribution in [2.24, 2.45) is 5.92 Å². The van der Waals surface area contributed by atoms with E-state index < -0.39 is 5.60 Å². The second-order valence-corrected chi connectivity index (χ2v) is 5.62. The number of aliphatic hydroxyl groups is 1. The van der Waals surface area contributed by atoms with Gasteiger partial charge in [-0.1, -0.05) is 20.8 Å². The summed E-state index contributed by atoms with van der Waals surface area (Å²) in [7, 11) is 0. The lowest BCUT2D eigenvalue weighted by molar-refractivity contribution is -0.0243. The Morgan fingerprint density at radius 1 is 1.38 bits per heavy atom. The molecule has 0 radical (unpaired) electrons. The van der Waals surface area contributed by atoms with Crippen molar-refractivity contribution in [2.75, 3.05) is 26.2 Å². The number of nitrogens with one attached hydrogen (secondary N) is 1. The Kier molecular flexibility index (Phi) is 5.22. The van der Waals surface area contributed by atoms with E-state index in [1.807, 2.05) is 6.92 Å². The maximum absolute atomic E-state index is 10.3. The number of rotatable bonds is 5. The lowest BCUT2D eigenvalue weighted by Gasteiger charge is -2.38. The summed E-state index contributed by atoms with van der Waals surface area (Å²) in [4.78, 5) is 2.40. The smallest absolute Gasteiger partial charge is 0.0768 e. The van der Waals surface area contributed by atoms with E-state index in [2.05, 4.69) is 31.0 Å².